The number of urea groups is 1. The summed E-state index contributed by atoms with van der Waals surface area (Å²) in [4.78, 5) is 29.6. The summed E-state index contributed by atoms with van der Waals surface area (Å²) >= 11 is 0. The molecular formula is C31H51N5O2. The molecule has 0 bridgehead atoms. The Kier molecular flexibility index (Phi) is 14.1. The van der Waals surface area contributed by atoms with Crippen molar-refractivity contribution in [3.63, 3.8) is 0 Å². The minimum Gasteiger partial charge on any atom is -0.307 e. The number of nitrogens with one attached hydrogen (secondary N) is 2. The Morgan fingerprint density at radius 1 is 0.789 bits per heavy atom. The van der Waals surface area contributed by atoms with Gasteiger partial charge in [-0.15, -0.1) is 5.10 Å². The largest absolute Gasteiger partial charge is 0.326 e. The Bertz CT molecular complexity index is 970. The van der Waals surface area contributed by atoms with Gasteiger partial charge in [-0.3, -0.25) is 10.1 Å². The number of aromatic nitrogens is 3. The monoisotopic (exact) mass is 525 g/mol. The maximum absolute atomic E-state index is 13.0. The third-order valence-electron chi connectivity index (χ3n) is 7.04. The minimum atomic E-state index is -0.424. The molecule has 2 rings (SSSR count). The van der Waals surface area contributed by atoms with Crippen LogP contribution in [0.25, 0.3) is 0 Å². The number of para-hydroxylation sites is 1. The van der Waals surface area contributed by atoms with Gasteiger partial charge in [-0.2, -0.15) is 9.67 Å². The number of unbranched alkanes of at least 4 members (excludes halogenated alkanes) is 11. The number of hydrogen-bond acceptors (Lipinski definition) is 4. The molecule has 1 heterocycles. The Balaban J connectivity index is 1.85. The van der Waals surface area contributed by atoms with Crippen LogP contribution in [0.3, 0.4) is 0 Å². The van der Waals surface area contributed by atoms with Crippen LogP contribution in [0.2, 0.25) is 0 Å². The van der Waals surface area contributed by atoms with E-state index in [0.717, 1.165) is 29.7 Å². The molecule has 2 N–H and O–H groups in total. The molecule has 0 unspecified atom stereocenters. The van der Waals surface area contributed by atoms with Gasteiger partial charge in [-0.05, 0) is 29.4 Å². The van der Waals surface area contributed by atoms with Crippen LogP contribution in [0.4, 0.5) is 16.4 Å². The quantitative estimate of drug-likeness (QED) is 0.202. The van der Waals surface area contributed by atoms with Crippen LogP contribution >= 0.6 is 0 Å². The molecule has 38 heavy (non-hydrogen) atoms. The molecule has 7 nitrogen and oxygen atoms in total. The van der Waals surface area contributed by atoms with Gasteiger partial charge in [-0.25, -0.2) is 4.79 Å². The summed E-state index contributed by atoms with van der Waals surface area (Å²) in [6.07, 6.45) is 16.1. The topological polar surface area (TPSA) is 88.9 Å². The summed E-state index contributed by atoms with van der Waals surface area (Å²) < 4.78 is 1.19. The first-order chi connectivity index (χ1) is 18.2. The van der Waals surface area contributed by atoms with E-state index in [1.54, 1.807) is 0 Å². The maximum Gasteiger partial charge on any atom is 0.326 e. The van der Waals surface area contributed by atoms with E-state index in [9.17, 15) is 9.59 Å². The van der Waals surface area contributed by atoms with E-state index < -0.39 is 6.03 Å². The number of aryl methyl sites for hydroxylation is 1. The van der Waals surface area contributed by atoms with Crippen molar-refractivity contribution in [3.05, 3.63) is 35.2 Å². The van der Waals surface area contributed by atoms with E-state index in [0.29, 0.717) is 12.2 Å². The third kappa shape index (κ3) is 10.6. The number of amides is 2. The van der Waals surface area contributed by atoms with Gasteiger partial charge in [-0.1, -0.05) is 123 Å². The van der Waals surface area contributed by atoms with E-state index in [4.69, 9.17) is 0 Å². The third-order valence-corrected chi connectivity index (χ3v) is 7.04. The minimum absolute atomic E-state index is 0.164. The predicted octanol–water partition coefficient (Wildman–Crippen LogP) is 9.07. The number of carbonyl (C=O) groups is 2. The van der Waals surface area contributed by atoms with Crippen molar-refractivity contribution in [3.8, 4) is 0 Å². The standard InChI is InChI=1S/C31H51N5O2/c1-7-8-9-10-11-12-13-14-15-16-17-18-22-28-32-30(36(35-28)25(6)37)34-31(38)33-29-26(23(2)3)20-19-21-27(29)24(4)5/h19-21,23-24H,7-18,22H2,1-6H3,(H2,32,33,34,35,38). The number of hydrogen-bond donors (Lipinski definition) is 2. The summed E-state index contributed by atoms with van der Waals surface area (Å²) in [6, 6.07) is 5.68. The number of rotatable bonds is 17. The van der Waals surface area contributed by atoms with Crippen LogP contribution < -0.4 is 10.6 Å². The number of nitrogens with zero attached hydrogens (tertiary/aromatic N) is 3. The second-order valence-electron chi connectivity index (χ2n) is 11.1. The molecule has 0 saturated heterocycles. The van der Waals surface area contributed by atoms with Crippen molar-refractivity contribution in [1.82, 2.24) is 14.8 Å². The Labute approximate surface area is 230 Å². The summed E-state index contributed by atoms with van der Waals surface area (Å²) in [5, 5.41) is 10.1. The van der Waals surface area contributed by atoms with Gasteiger partial charge >= 0.3 is 6.03 Å². The van der Waals surface area contributed by atoms with E-state index in [2.05, 4.69) is 55.3 Å². The zero-order chi connectivity index (χ0) is 27.9. The number of benzene rings is 1. The lowest BCUT2D eigenvalue weighted by Gasteiger charge is -2.20. The molecule has 1 aromatic heterocycles. The Morgan fingerprint density at radius 3 is 1.76 bits per heavy atom. The van der Waals surface area contributed by atoms with Crippen LogP contribution in [0.5, 0.6) is 0 Å². The maximum atomic E-state index is 13.0. The van der Waals surface area contributed by atoms with Gasteiger partial charge in [0.05, 0.1) is 0 Å². The van der Waals surface area contributed by atoms with Crippen LogP contribution in [-0.4, -0.2) is 26.7 Å². The summed E-state index contributed by atoms with van der Waals surface area (Å²) in [5.41, 5.74) is 2.97. The molecule has 1 aromatic carbocycles. The zero-order valence-electron chi connectivity index (χ0n) is 24.7. The van der Waals surface area contributed by atoms with Crippen molar-refractivity contribution >= 4 is 23.6 Å². The van der Waals surface area contributed by atoms with Crippen molar-refractivity contribution in [2.75, 3.05) is 10.6 Å². The summed E-state index contributed by atoms with van der Waals surface area (Å²) in [5.74, 6) is 0.989. The fourth-order valence-corrected chi connectivity index (χ4v) is 4.83. The average molecular weight is 526 g/mol. The summed E-state index contributed by atoms with van der Waals surface area (Å²) in [6.45, 7) is 12.1. The van der Waals surface area contributed by atoms with Crippen molar-refractivity contribution in [1.29, 1.82) is 0 Å². The van der Waals surface area contributed by atoms with Crippen LogP contribution in [-0.2, 0) is 6.42 Å². The van der Waals surface area contributed by atoms with E-state index >= 15 is 0 Å². The lowest BCUT2D eigenvalue weighted by Crippen LogP contribution is -2.25. The highest BCUT2D eigenvalue weighted by atomic mass is 16.2. The second-order valence-corrected chi connectivity index (χ2v) is 11.1. The SMILES string of the molecule is CCCCCCCCCCCCCCc1nc(NC(=O)Nc2c(C(C)C)cccc2C(C)C)n(C(C)=O)n1. The molecule has 2 amide bonds. The second kappa shape index (κ2) is 17.0. The van der Waals surface area contributed by atoms with Crippen LogP contribution in [0.1, 0.15) is 152 Å². The highest BCUT2D eigenvalue weighted by Crippen LogP contribution is 2.32. The first-order valence-corrected chi connectivity index (χ1v) is 14.9. The van der Waals surface area contributed by atoms with Crippen molar-refractivity contribution in [2.45, 2.75) is 137 Å². The Hall–Kier alpha value is -2.70. The molecule has 2 aromatic rings. The first kappa shape index (κ1) is 31.5. The van der Waals surface area contributed by atoms with Gasteiger partial charge < -0.3 is 5.32 Å². The number of carbonyl (C=O) groups excluding carboxylic acids is 2. The van der Waals surface area contributed by atoms with Gasteiger partial charge in [0, 0.05) is 19.0 Å². The molecule has 7 heteroatoms. The highest BCUT2D eigenvalue weighted by molar-refractivity contribution is 6.00. The lowest BCUT2D eigenvalue weighted by molar-refractivity contribution is 0.0923. The molecule has 0 fully saturated rings. The zero-order valence-corrected chi connectivity index (χ0v) is 24.7. The van der Waals surface area contributed by atoms with Gasteiger partial charge in [0.25, 0.3) is 0 Å². The first-order valence-electron chi connectivity index (χ1n) is 14.9. The average Bonchev–Trinajstić information content (AvgIpc) is 3.27. The van der Waals surface area contributed by atoms with Gasteiger partial charge in [0.15, 0.2) is 5.82 Å². The van der Waals surface area contributed by atoms with Crippen LogP contribution in [0, 0.1) is 0 Å². The molecule has 0 aliphatic rings. The van der Waals surface area contributed by atoms with E-state index in [1.165, 1.54) is 75.8 Å². The molecular weight excluding hydrogens is 474 g/mol. The van der Waals surface area contributed by atoms with Crippen molar-refractivity contribution in [2.24, 2.45) is 0 Å². The lowest BCUT2D eigenvalue weighted by atomic mass is 9.93. The molecule has 0 radical (unpaired) electrons. The van der Waals surface area contributed by atoms with Gasteiger partial charge in [0.1, 0.15) is 0 Å². The molecule has 0 saturated carbocycles. The fourth-order valence-electron chi connectivity index (χ4n) is 4.83. The van der Waals surface area contributed by atoms with E-state index in [-0.39, 0.29) is 23.7 Å². The van der Waals surface area contributed by atoms with Crippen molar-refractivity contribution < 1.29 is 9.59 Å². The molecule has 0 aliphatic heterocycles. The summed E-state index contributed by atoms with van der Waals surface area (Å²) in [7, 11) is 0. The molecule has 0 spiro atoms. The molecule has 0 aliphatic carbocycles. The van der Waals surface area contributed by atoms with Gasteiger partial charge in [0.2, 0.25) is 11.9 Å². The van der Waals surface area contributed by atoms with Crippen LogP contribution in [0.15, 0.2) is 18.2 Å². The fraction of sp³-hybridized carbons (Fsp3) is 0.677. The molecule has 212 valence electrons. The highest BCUT2D eigenvalue weighted by Gasteiger charge is 2.19. The Morgan fingerprint density at radius 2 is 1.29 bits per heavy atom. The number of anilines is 2. The predicted molar refractivity (Wildman–Crippen MR) is 158 cm³/mol. The normalized spacial score (nSPS) is 11.4. The van der Waals surface area contributed by atoms with E-state index in [1.807, 2.05) is 18.2 Å². The smallest absolute Gasteiger partial charge is 0.307 e. The molecule has 0 atom stereocenters.